The van der Waals surface area contributed by atoms with Gasteiger partial charge in [-0.05, 0) is 48.0 Å². The van der Waals surface area contributed by atoms with Crippen LogP contribution in [0.15, 0.2) is 114 Å². The first kappa shape index (κ1) is 29.3. The van der Waals surface area contributed by atoms with Crippen LogP contribution in [0.2, 0.25) is 0 Å². The lowest BCUT2D eigenvalue weighted by Gasteiger charge is -2.24. The maximum Gasteiger partial charge on any atom is 0.490 e. The topological polar surface area (TPSA) is 124 Å². The molecule has 0 spiro atoms. The highest BCUT2D eigenvalue weighted by molar-refractivity contribution is 6.10. The number of alkyl halides is 3. The molecule has 4 aromatic carbocycles. The molecule has 0 aliphatic carbocycles. The number of rotatable bonds is 8. The first-order valence-electron chi connectivity index (χ1n) is 13.7. The molecule has 226 valence electrons. The van der Waals surface area contributed by atoms with Gasteiger partial charge in [0.25, 0.3) is 5.91 Å². The Morgan fingerprint density at radius 1 is 0.911 bits per heavy atom. The highest BCUT2D eigenvalue weighted by atomic mass is 19.4. The van der Waals surface area contributed by atoms with Crippen LogP contribution in [0.4, 0.5) is 36.1 Å². The molecular weight excluding hydrogens is 587 g/mol. The van der Waals surface area contributed by atoms with Gasteiger partial charge in [0.1, 0.15) is 17.7 Å². The van der Waals surface area contributed by atoms with Gasteiger partial charge in [-0.2, -0.15) is 13.2 Å². The zero-order valence-corrected chi connectivity index (χ0v) is 23.4. The molecule has 2 heterocycles. The Kier molecular flexibility index (Phi) is 7.88. The number of hydrogen-bond donors (Lipinski definition) is 2. The monoisotopic (exact) mass is 611 g/mol. The number of aromatic nitrogens is 2. The second-order valence-electron chi connectivity index (χ2n) is 9.92. The number of esters is 1. The van der Waals surface area contributed by atoms with Crippen LogP contribution in [0, 0.1) is 0 Å². The number of benzene rings is 4. The van der Waals surface area contributed by atoms with Crippen molar-refractivity contribution in [3.8, 4) is 0 Å². The smallest absolute Gasteiger partial charge is 0.454 e. The zero-order chi connectivity index (χ0) is 31.6. The van der Waals surface area contributed by atoms with E-state index in [-0.39, 0.29) is 17.8 Å². The van der Waals surface area contributed by atoms with Gasteiger partial charge in [-0.3, -0.25) is 9.69 Å². The largest absolute Gasteiger partial charge is 0.490 e. The van der Waals surface area contributed by atoms with Crippen molar-refractivity contribution in [1.82, 2.24) is 9.97 Å². The molecular formula is C33H24F3N5O4. The van der Waals surface area contributed by atoms with Crippen LogP contribution in [-0.2, 0) is 20.9 Å². The summed E-state index contributed by atoms with van der Waals surface area (Å²) in [5.74, 6) is -2.92. The predicted octanol–water partition coefficient (Wildman–Crippen LogP) is 7.09. The highest BCUT2D eigenvalue weighted by Gasteiger charge is 2.43. The molecule has 0 saturated heterocycles. The van der Waals surface area contributed by atoms with E-state index in [1.54, 1.807) is 36.5 Å². The third kappa shape index (κ3) is 6.04. The molecule has 3 N–H and O–H groups in total. The Bertz CT molecular complexity index is 1980. The summed E-state index contributed by atoms with van der Waals surface area (Å²) in [4.78, 5) is 35.2. The molecule has 45 heavy (non-hydrogen) atoms. The van der Waals surface area contributed by atoms with E-state index in [0.29, 0.717) is 28.3 Å². The third-order valence-corrected chi connectivity index (χ3v) is 7.03. The van der Waals surface area contributed by atoms with Gasteiger partial charge in [0.2, 0.25) is 6.10 Å². The van der Waals surface area contributed by atoms with Gasteiger partial charge < -0.3 is 20.2 Å². The van der Waals surface area contributed by atoms with Gasteiger partial charge in [-0.25, -0.2) is 14.8 Å². The van der Waals surface area contributed by atoms with Gasteiger partial charge in [0.15, 0.2) is 5.58 Å². The fourth-order valence-corrected chi connectivity index (χ4v) is 4.90. The summed E-state index contributed by atoms with van der Waals surface area (Å²) in [6.45, 7) is 0.183. The number of furan rings is 1. The summed E-state index contributed by atoms with van der Waals surface area (Å²) in [5, 5.41) is 4.41. The van der Waals surface area contributed by atoms with Crippen molar-refractivity contribution < 1.29 is 31.9 Å². The van der Waals surface area contributed by atoms with Crippen molar-refractivity contribution >= 4 is 56.7 Å². The fourth-order valence-electron chi connectivity index (χ4n) is 4.90. The molecule has 6 aromatic rings. The minimum absolute atomic E-state index is 0.0489. The molecule has 1 amide bonds. The number of para-hydroxylation sites is 2. The van der Waals surface area contributed by atoms with E-state index < -0.39 is 24.2 Å². The lowest BCUT2D eigenvalue weighted by molar-refractivity contribution is -0.205. The van der Waals surface area contributed by atoms with Crippen LogP contribution < -0.4 is 16.0 Å². The van der Waals surface area contributed by atoms with E-state index in [9.17, 15) is 22.8 Å². The number of fused-ring (bicyclic) bond motifs is 3. The Hall–Kier alpha value is -5.75. The first-order chi connectivity index (χ1) is 21.7. The van der Waals surface area contributed by atoms with Gasteiger partial charge in [-0.1, -0.05) is 54.6 Å². The molecule has 0 bridgehead atoms. The highest BCUT2D eigenvalue weighted by Crippen LogP contribution is 2.41. The third-order valence-electron chi connectivity index (χ3n) is 7.03. The average Bonchev–Trinajstić information content (AvgIpc) is 3.44. The molecule has 12 heteroatoms. The van der Waals surface area contributed by atoms with Crippen molar-refractivity contribution in [3.05, 3.63) is 121 Å². The van der Waals surface area contributed by atoms with Crippen molar-refractivity contribution in [1.29, 1.82) is 0 Å². The van der Waals surface area contributed by atoms with Crippen molar-refractivity contribution in [2.75, 3.05) is 10.2 Å². The summed E-state index contributed by atoms with van der Waals surface area (Å²) in [5.41, 5.74) is 9.26. The molecule has 2 aromatic heterocycles. The van der Waals surface area contributed by atoms with E-state index >= 15 is 0 Å². The lowest BCUT2D eigenvalue weighted by Crippen LogP contribution is -2.32. The standard InChI is InChI=1S/C33H24F3N5O4/c34-33(35,36)32(43)45-29(21-10-8-20(18-37)9-11-21)31(42)40-22-12-14-23(15-13-22)41(28-16-17-38-19-39-28)26-6-3-5-25-24-4-1-2-7-27(24)44-30(25)26/h1-17,19,29H,18,37H2,(H,40,42). The second-order valence-corrected chi connectivity index (χ2v) is 9.92. The van der Waals surface area contributed by atoms with Crippen molar-refractivity contribution in [3.63, 3.8) is 0 Å². The Balaban J connectivity index is 1.33. The summed E-state index contributed by atoms with van der Waals surface area (Å²) >= 11 is 0. The number of halogens is 3. The summed E-state index contributed by atoms with van der Waals surface area (Å²) in [7, 11) is 0. The number of nitrogens with two attached hydrogens (primary N) is 1. The van der Waals surface area contributed by atoms with E-state index in [1.165, 1.54) is 30.6 Å². The Labute approximate surface area is 254 Å². The number of hydrogen-bond acceptors (Lipinski definition) is 8. The SMILES string of the molecule is NCc1ccc(C(OC(=O)C(F)(F)F)C(=O)Nc2ccc(N(c3ccncn3)c3cccc4c3oc3ccccc34)cc2)cc1. The van der Waals surface area contributed by atoms with Gasteiger partial charge in [0, 0.05) is 40.5 Å². The zero-order valence-electron chi connectivity index (χ0n) is 23.4. The van der Waals surface area contributed by atoms with Gasteiger partial charge in [0.05, 0.1) is 5.69 Å². The quantitative estimate of drug-likeness (QED) is 0.175. The summed E-state index contributed by atoms with van der Waals surface area (Å²) in [6.07, 6.45) is -4.14. The van der Waals surface area contributed by atoms with E-state index in [2.05, 4.69) is 20.0 Å². The molecule has 0 aliphatic heterocycles. The maximum atomic E-state index is 13.2. The summed E-state index contributed by atoms with van der Waals surface area (Å²) < 4.78 is 50.0. The number of nitrogens with one attached hydrogen (secondary N) is 1. The maximum absolute atomic E-state index is 13.2. The van der Waals surface area contributed by atoms with Gasteiger partial charge >= 0.3 is 12.1 Å². The number of amides is 1. The van der Waals surface area contributed by atoms with Crippen LogP contribution in [0.3, 0.4) is 0 Å². The molecule has 9 nitrogen and oxygen atoms in total. The van der Waals surface area contributed by atoms with E-state index in [0.717, 1.165) is 16.4 Å². The lowest BCUT2D eigenvalue weighted by atomic mass is 10.1. The molecule has 0 fully saturated rings. The fraction of sp³-hybridized carbons (Fsp3) is 0.0909. The van der Waals surface area contributed by atoms with Crippen LogP contribution in [0.5, 0.6) is 0 Å². The number of carbonyl (C=O) groups excluding carboxylic acids is 2. The van der Waals surface area contributed by atoms with Crippen LogP contribution in [0.1, 0.15) is 17.2 Å². The molecule has 1 atom stereocenters. The van der Waals surface area contributed by atoms with Crippen molar-refractivity contribution in [2.24, 2.45) is 5.73 Å². The minimum Gasteiger partial charge on any atom is -0.454 e. The van der Waals surface area contributed by atoms with Crippen molar-refractivity contribution in [2.45, 2.75) is 18.8 Å². The molecule has 6 rings (SSSR count). The Morgan fingerprint density at radius 3 is 2.33 bits per heavy atom. The molecule has 1 unspecified atom stereocenters. The predicted molar refractivity (Wildman–Crippen MR) is 162 cm³/mol. The number of carbonyl (C=O) groups is 2. The van der Waals surface area contributed by atoms with E-state index in [1.807, 2.05) is 47.4 Å². The molecule has 0 saturated carbocycles. The summed E-state index contributed by atoms with van der Waals surface area (Å²) in [6, 6.07) is 27.6. The minimum atomic E-state index is -5.29. The van der Waals surface area contributed by atoms with E-state index in [4.69, 9.17) is 10.2 Å². The second kappa shape index (κ2) is 12.1. The molecule has 0 radical (unpaired) electrons. The van der Waals surface area contributed by atoms with Gasteiger partial charge in [-0.15, -0.1) is 0 Å². The average molecular weight is 612 g/mol. The number of nitrogens with zero attached hydrogens (tertiary/aromatic N) is 3. The number of anilines is 4. The Morgan fingerprint density at radius 2 is 1.64 bits per heavy atom. The molecule has 0 aliphatic rings. The van der Waals surface area contributed by atoms with Crippen LogP contribution in [-0.4, -0.2) is 28.0 Å². The van der Waals surface area contributed by atoms with Crippen LogP contribution >= 0.6 is 0 Å². The first-order valence-corrected chi connectivity index (χ1v) is 13.7. The normalized spacial score (nSPS) is 12.2. The number of ether oxygens (including phenoxy) is 1. The van der Waals surface area contributed by atoms with Crippen LogP contribution in [0.25, 0.3) is 21.9 Å².